The second kappa shape index (κ2) is 9.90. The van der Waals surface area contributed by atoms with Gasteiger partial charge in [-0.2, -0.15) is 0 Å². The minimum atomic E-state index is -0.525. The van der Waals surface area contributed by atoms with Gasteiger partial charge in [-0.1, -0.05) is 48.5 Å². The third-order valence-corrected chi connectivity index (χ3v) is 4.79. The molecular weight excluding hydrogens is 354 g/mol. The molecule has 2 aromatic carbocycles. The average Bonchev–Trinajstić information content (AvgIpc) is 2.74. The standard InChI is InChI=1S/C22H27N3O3/c1-18(28-20-10-6-3-7-11-20)22(27)25-14-12-24(13-15-25)17-21(26)23-16-19-8-4-2-5-9-19/h2-11,18H,12-17H2,1H3,(H,23,26). The third kappa shape index (κ3) is 5.82. The summed E-state index contributed by atoms with van der Waals surface area (Å²) in [5.74, 6) is 0.679. The Morgan fingerprint density at radius 1 is 0.964 bits per heavy atom. The summed E-state index contributed by atoms with van der Waals surface area (Å²) in [6.45, 7) is 5.24. The van der Waals surface area contributed by atoms with Crippen LogP contribution in [0.1, 0.15) is 12.5 Å². The van der Waals surface area contributed by atoms with Gasteiger partial charge in [-0.3, -0.25) is 14.5 Å². The molecular formula is C22H27N3O3. The van der Waals surface area contributed by atoms with Gasteiger partial charge in [-0.25, -0.2) is 0 Å². The zero-order valence-corrected chi connectivity index (χ0v) is 16.2. The van der Waals surface area contributed by atoms with Gasteiger partial charge in [-0.15, -0.1) is 0 Å². The van der Waals surface area contributed by atoms with Gasteiger partial charge >= 0.3 is 0 Å². The van der Waals surface area contributed by atoms with Crippen molar-refractivity contribution in [3.63, 3.8) is 0 Å². The minimum absolute atomic E-state index is 0.00408. The Morgan fingerprint density at radius 3 is 2.21 bits per heavy atom. The fourth-order valence-corrected chi connectivity index (χ4v) is 3.19. The summed E-state index contributed by atoms with van der Waals surface area (Å²) in [4.78, 5) is 28.6. The van der Waals surface area contributed by atoms with Crippen molar-refractivity contribution in [1.29, 1.82) is 0 Å². The van der Waals surface area contributed by atoms with Crippen molar-refractivity contribution in [2.75, 3.05) is 32.7 Å². The smallest absolute Gasteiger partial charge is 0.263 e. The van der Waals surface area contributed by atoms with Crippen LogP contribution in [-0.2, 0) is 16.1 Å². The van der Waals surface area contributed by atoms with Gasteiger partial charge in [0.25, 0.3) is 5.91 Å². The van der Waals surface area contributed by atoms with E-state index in [1.807, 2.05) is 65.6 Å². The highest BCUT2D eigenvalue weighted by molar-refractivity contribution is 5.81. The van der Waals surface area contributed by atoms with Crippen LogP contribution in [0, 0.1) is 0 Å². The highest BCUT2D eigenvalue weighted by Gasteiger charge is 2.26. The van der Waals surface area contributed by atoms with Crippen LogP contribution in [0.5, 0.6) is 5.75 Å². The van der Waals surface area contributed by atoms with Crippen LogP contribution in [0.15, 0.2) is 60.7 Å². The Labute approximate surface area is 166 Å². The van der Waals surface area contributed by atoms with Gasteiger partial charge in [0, 0.05) is 32.7 Å². The summed E-state index contributed by atoms with van der Waals surface area (Å²) < 4.78 is 5.73. The third-order valence-electron chi connectivity index (χ3n) is 4.79. The molecule has 148 valence electrons. The molecule has 0 saturated carbocycles. The highest BCUT2D eigenvalue weighted by atomic mass is 16.5. The Balaban J connectivity index is 1.38. The van der Waals surface area contributed by atoms with E-state index in [1.165, 1.54) is 0 Å². The Morgan fingerprint density at radius 2 is 1.57 bits per heavy atom. The summed E-state index contributed by atoms with van der Waals surface area (Å²) >= 11 is 0. The van der Waals surface area contributed by atoms with Crippen LogP contribution in [0.25, 0.3) is 0 Å². The number of rotatable bonds is 7. The maximum atomic E-state index is 12.6. The van der Waals surface area contributed by atoms with Gasteiger partial charge < -0.3 is 15.0 Å². The first kappa shape index (κ1) is 19.9. The van der Waals surface area contributed by atoms with E-state index in [4.69, 9.17) is 4.74 Å². The van der Waals surface area contributed by atoms with Gasteiger partial charge in [0.1, 0.15) is 5.75 Å². The van der Waals surface area contributed by atoms with E-state index in [0.717, 1.165) is 5.56 Å². The van der Waals surface area contributed by atoms with Gasteiger partial charge in [0.2, 0.25) is 5.91 Å². The normalized spacial score (nSPS) is 15.7. The number of amides is 2. The van der Waals surface area contributed by atoms with Crippen molar-refractivity contribution in [1.82, 2.24) is 15.1 Å². The van der Waals surface area contributed by atoms with E-state index in [-0.39, 0.29) is 11.8 Å². The minimum Gasteiger partial charge on any atom is -0.481 e. The van der Waals surface area contributed by atoms with Gasteiger partial charge in [0.15, 0.2) is 6.10 Å². The molecule has 0 radical (unpaired) electrons. The molecule has 2 amide bonds. The maximum absolute atomic E-state index is 12.6. The summed E-state index contributed by atoms with van der Waals surface area (Å²) in [5, 5.41) is 2.94. The molecule has 0 aromatic heterocycles. The maximum Gasteiger partial charge on any atom is 0.263 e. The summed E-state index contributed by atoms with van der Waals surface area (Å²) in [6, 6.07) is 19.2. The van der Waals surface area contributed by atoms with Crippen molar-refractivity contribution in [3.8, 4) is 5.75 Å². The van der Waals surface area contributed by atoms with Crippen molar-refractivity contribution in [2.24, 2.45) is 0 Å². The lowest BCUT2D eigenvalue weighted by Gasteiger charge is -2.35. The first-order chi connectivity index (χ1) is 13.6. The number of hydrogen-bond donors (Lipinski definition) is 1. The number of para-hydroxylation sites is 1. The van der Waals surface area contributed by atoms with Gasteiger partial charge in [0.05, 0.1) is 6.54 Å². The number of benzene rings is 2. The molecule has 1 unspecified atom stereocenters. The monoisotopic (exact) mass is 381 g/mol. The molecule has 1 aliphatic rings. The molecule has 0 aliphatic carbocycles. The molecule has 1 heterocycles. The number of ether oxygens (including phenoxy) is 1. The molecule has 6 nitrogen and oxygen atoms in total. The SMILES string of the molecule is CC(Oc1ccccc1)C(=O)N1CCN(CC(=O)NCc2ccccc2)CC1. The van der Waals surface area contributed by atoms with Crippen LogP contribution < -0.4 is 10.1 Å². The lowest BCUT2D eigenvalue weighted by Crippen LogP contribution is -2.53. The van der Waals surface area contributed by atoms with Gasteiger partial charge in [-0.05, 0) is 24.6 Å². The number of nitrogens with zero attached hydrogens (tertiary/aromatic N) is 2. The molecule has 3 rings (SSSR count). The number of nitrogens with one attached hydrogen (secondary N) is 1. The first-order valence-corrected chi connectivity index (χ1v) is 9.65. The molecule has 0 spiro atoms. The topological polar surface area (TPSA) is 61.9 Å². The Hall–Kier alpha value is -2.86. The molecule has 28 heavy (non-hydrogen) atoms. The average molecular weight is 381 g/mol. The second-order valence-corrected chi connectivity index (χ2v) is 6.94. The number of hydrogen-bond acceptors (Lipinski definition) is 4. The summed E-state index contributed by atoms with van der Waals surface area (Å²) in [7, 11) is 0. The largest absolute Gasteiger partial charge is 0.481 e. The zero-order chi connectivity index (χ0) is 19.8. The molecule has 1 aliphatic heterocycles. The van der Waals surface area contributed by atoms with E-state index < -0.39 is 6.10 Å². The Bertz CT molecular complexity index is 759. The van der Waals surface area contributed by atoms with E-state index in [9.17, 15) is 9.59 Å². The van der Waals surface area contributed by atoms with Crippen LogP contribution in [0.4, 0.5) is 0 Å². The predicted octanol–water partition coefficient (Wildman–Crippen LogP) is 1.91. The van der Waals surface area contributed by atoms with Crippen LogP contribution in [0.2, 0.25) is 0 Å². The van der Waals surface area contributed by atoms with Crippen LogP contribution in [-0.4, -0.2) is 60.4 Å². The Kier molecular flexibility index (Phi) is 7.03. The number of carbonyl (C=O) groups is 2. The van der Waals surface area contributed by atoms with Crippen molar-refractivity contribution >= 4 is 11.8 Å². The van der Waals surface area contributed by atoms with Crippen molar-refractivity contribution in [3.05, 3.63) is 66.2 Å². The van der Waals surface area contributed by atoms with E-state index in [2.05, 4.69) is 10.2 Å². The molecule has 1 atom stereocenters. The number of carbonyl (C=O) groups excluding carboxylic acids is 2. The molecule has 2 aromatic rings. The summed E-state index contributed by atoms with van der Waals surface area (Å²) in [5.41, 5.74) is 1.08. The second-order valence-electron chi connectivity index (χ2n) is 6.94. The van der Waals surface area contributed by atoms with Crippen LogP contribution in [0.3, 0.4) is 0 Å². The molecule has 1 saturated heterocycles. The van der Waals surface area contributed by atoms with E-state index in [1.54, 1.807) is 6.92 Å². The van der Waals surface area contributed by atoms with Crippen molar-refractivity contribution < 1.29 is 14.3 Å². The highest BCUT2D eigenvalue weighted by Crippen LogP contribution is 2.13. The number of piperazine rings is 1. The zero-order valence-electron chi connectivity index (χ0n) is 16.2. The molecule has 1 fully saturated rings. The first-order valence-electron chi connectivity index (χ1n) is 9.65. The fraction of sp³-hybridized carbons (Fsp3) is 0.364. The van der Waals surface area contributed by atoms with Crippen molar-refractivity contribution in [2.45, 2.75) is 19.6 Å². The lowest BCUT2D eigenvalue weighted by molar-refractivity contribution is -0.139. The van der Waals surface area contributed by atoms with E-state index in [0.29, 0.717) is 45.0 Å². The molecule has 1 N–H and O–H groups in total. The molecule has 6 heteroatoms. The quantitative estimate of drug-likeness (QED) is 0.796. The molecule has 0 bridgehead atoms. The van der Waals surface area contributed by atoms with E-state index >= 15 is 0 Å². The lowest BCUT2D eigenvalue weighted by atomic mass is 10.2. The fourth-order valence-electron chi connectivity index (χ4n) is 3.19. The van der Waals surface area contributed by atoms with Crippen LogP contribution >= 0.6 is 0 Å². The predicted molar refractivity (Wildman–Crippen MR) is 108 cm³/mol. The summed E-state index contributed by atoms with van der Waals surface area (Å²) in [6.07, 6.45) is -0.525.